The summed E-state index contributed by atoms with van der Waals surface area (Å²) in [7, 11) is 4.36. The van der Waals surface area contributed by atoms with E-state index in [1.54, 1.807) is 0 Å². The van der Waals surface area contributed by atoms with E-state index in [0.29, 0.717) is 6.04 Å². The Morgan fingerprint density at radius 2 is 1.92 bits per heavy atom. The maximum atomic E-state index is 4.52. The molecule has 1 atom stereocenters. The van der Waals surface area contributed by atoms with E-state index in [-0.39, 0.29) is 0 Å². The van der Waals surface area contributed by atoms with Crippen LogP contribution >= 0.6 is 0 Å². The van der Waals surface area contributed by atoms with E-state index in [0.717, 1.165) is 12.1 Å². The van der Waals surface area contributed by atoms with E-state index in [2.05, 4.69) is 82.8 Å². The maximum absolute atomic E-state index is 4.52. The molecule has 1 saturated heterocycles. The topological polar surface area (TPSA) is 24.3 Å². The van der Waals surface area contributed by atoms with Crippen molar-refractivity contribution in [3.63, 3.8) is 0 Å². The van der Waals surface area contributed by atoms with Crippen LogP contribution in [-0.2, 0) is 6.54 Å². The molecule has 4 rings (SSSR count). The van der Waals surface area contributed by atoms with Crippen molar-refractivity contribution >= 4 is 11.0 Å². The maximum Gasteiger partial charge on any atom is 0.100 e. The number of fused-ring (bicyclic) bond motifs is 1. The van der Waals surface area contributed by atoms with Gasteiger partial charge in [-0.05, 0) is 62.8 Å². The number of imidazole rings is 1. The fraction of sp³-hybridized carbons (Fsp3) is 0.381. The van der Waals surface area contributed by atoms with Gasteiger partial charge in [0.15, 0.2) is 0 Å². The van der Waals surface area contributed by atoms with Crippen molar-refractivity contribution in [3.8, 4) is 5.69 Å². The van der Waals surface area contributed by atoms with Crippen molar-refractivity contribution in [2.45, 2.75) is 25.9 Å². The van der Waals surface area contributed by atoms with Gasteiger partial charge in [-0.15, -0.1) is 0 Å². The molecule has 4 heteroatoms. The molecule has 0 saturated carbocycles. The summed E-state index contributed by atoms with van der Waals surface area (Å²) in [4.78, 5) is 9.41. The molecule has 0 spiro atoms. The molecule has 3 aromatic rings. The molecule has 0 amide bonds. The molecule has 1 aliphatic heterocycles. The zero-order chi connectivity index (χ0) is 17.4. The Morgan fingerprint density at radius 1 is 1.12 bits per heavy atom. The van der Waals surface area contributed by atoms with Crippen molar-refractivity contribution in [3.05, 3.63) is 59.9 Å². The Kier molecular flexibility index (Phi) is 4.32. The molecule has 2 heterocycles. The molecule has 0 aliphatic carbocycles. The van der Waals surface area contributed by atoms with Gasteiger partial charge >= 0.3 is 0 Å². The van der Waals surface area contributed by atoms with Crippen LogP contribution in [0.2, 0.25) is 0 Å². The number of likely N-dealkylation sites (tertiary alicyclic amines) is 1. The minimum absolute atomic E-state index is 0.694. The van der Waals surface area contributed by atoms with Crippen LogP contribution in [0.4, 0.5) is 0 Å². The first-order valence-electron chi connectivity index (χ1n) is 9.02. The van der Waals surface area contributed by atoms with Gasteiger partial charge in [0.05, 0.1) is 11.0 Å². The third kappa shape index (κ3) is 3.32. The van der Waals surface area contributed by atoms with Gasteiger partial charge in [0.1, 0.15) is 6.33 Å². The molecule has 130 valence electrons. The Balaban J connectivity index is 1.51. The lowest BCUT2D eigenvalue weighted by Crippen LogP contribution is -2.31. The number of aromatic nitrogens is 2. The van der Waals surface area contributed by atoms with Gasteiger partial charge in [-0.2, -0.15) is 0 Å². The van der Waals surface area contributed by atoms with Crippen LogP contribution < -0.4 is 0 Å². The van der Waals surface area contributed by atoms with Crippen molar-refractivity contribution < 1.29 is 0 Å². The molecular formula is C21H26N4. The van der Waals surface area contributed by atoms with Crippen LogP contribution in [-0.4, -0.2) is 52.6 Å². The summed E-state index contributed by atoms with van der Waals surface area (Å²) in [6, 6.07) is 16.0. The number of rotatable bonds is 4. The molecular weight excluding hydrogens is 308 g/mol. The van der Waals surface area contributed by atoms with Gasteiger partial charge in [0, 0.05) is 31.4 Å². The second-order valence-corrected chi connectivity index (χ2v) is 7.41. The first-order valence-corrected chi connectivity index (χ1v) is 9.02. The predicted octanol–water partition coefficient (Wildman–Crippen LogP) is 3.47. The highest BCUT2D eigenvalue weighted by Gasteiger charge is 2.23. The monoisotopic (exact) mass is 334 g/mol. The van der Waals surface area contributed by atoms with Crippen molar-refractivity contribution in [1.82, 2.24) is 19.4 Å². The van der Waals surface area contributed by atoms with Crippen LogP contribution in [0.3, 0.4) is 0 Å². The number of benzene rings is 2. The van der Waals surface area contributed by atoms with Crippen LogP contribution in [0.1, 0.15) is 17.5 Å². The van der Waals surface area contributed by atoms with E-state index in [1.165, 1.54) is 41.8 Å². The summed E-state index contributed by atoms with van der Waals surface area (Å²) in [6.45, 7) is 5.52. The normalized spacial score (nSPS) is 18.5. The molecule has 1 aliphatic rings. The molecule has 0 N–H and O–H groups in total. The average Bonchev–Trinajstić information content (AvgIpc) is 3.22. The largest absolute Gasteiger partial charge is 0.305 e. The number of hydrogen-bond donors (Lipinski definition) is 0. The van der Waals surface area contributed by atoms with E-state index in [1.807, 2.05) is 6.33 Å². The molecule has 1 unspecified atom stereocenters. The lowest BCUT2D eigenvalue weighted by atomic mass is 10.2. The first-order chi connectivity index (χ1) is 12.1. The Hall–Kier alpha value is -2.17. The number of hydrogen-bond acceptors (Lipinski definition) is 3. The summed E-state index contributed by atoms with van der Waals surface area (Å²) < 4.78 is 2.17. The molecule has 2 aromatic carbocycles. The Morgan fingerprint density at radius 3 is 2.64 bits per heavy atom. The summed E-state index contributed by atoms with van der Waals surface area (Å²) in [5.41, 5.74) is 6.02. The number of nitrogens with zero attached hydrogens (tertiary/aromatic N) is 4. The summed E-state index contributed by atoms with van der Waals surface area (Å²) >= 11 is 0. The van der Waals surface area contributed by atoms with E-state index >= 15 is 0 Å². The predicted molar refractivity (Wildman–Crippen MR) is 103 cm³/mol. The second kappa shape index (κ2) is 6.62. The SMILES string of the molecule is Cc1ccc2ncn(-c3ccc(CN4CCC(N(C)C)C4)cc3)c2c1. The van der Waals surface area contributed by atoms with Crippen LogP contribution in [0, 0.1) is 6.92 Å². The van der Waals surface area contributed by atoms with Gasteiger partial charge < -0.3 is 4.90 Å². The van der Waals surface area contributed by atoms with Crippen molar-refractivity contribution in [2.24, 2.45) is 0 Å². The second-order valence-electron chi connectivity index (χ2n) is 7.41. The van der Waals surface area contributed by atoms with Crippen molar-refractivity contribution in [1.29, 1.82) is 0 Å². The number of aryl methyl sites for hydroxylation is 1. The molecule has 25 heavy (non-hydrogen) atoms. The summed E-state index contributed by atoms with van der Waals surface area (Å²) in [5.74, 6) is 0. The zero-order valence-corrected chi connectivity index (χ0v) is 15.3. The molecule has 1 aromatic heterocycles. The lowest BCUT2D eigenvalue weighted by Gasteiger charge is -2.20. The standard InChI is InChI=1S/C21H26N4/c1-16-4-9-20-21(12-16)25(15-22-20)18-7-5-17(6-8-18)13-24-11-10-19(14-24)23(2)3/h4-9,12,15,19H,10-11,13-14H2,1-3H3. The lowest BCUT2D eigenvalue weighted by molar-refractivity contribution is 0.264. The molecule has 0 bridgehead atoms. The van der Waals surface area contributed by atoms with Gasteiger partial charge in [-0.25, -0.2) is 4.98 Å². The van der Waals surface area contributed by atoms with E-state index in [4.69, 9.17) is 0 Å². The quantitative estimate of drug-likeness (QED) is 0.730. The zero-order valence-electron chi connectivity index (χ0n) is 15.3. The minimum atomic E-state index is 0.694. The van der Waals surface area contributed by atoms with Gasteiger partial charge in [-0.1, -0.05) is 18.2 Å². The first kappa shape index (κ1) is 16.3. The highest BCUT2D eigenvalue weighted by atomic mass is 15.2. The highest BCUT2D eigenvalue weighted by Crippen LogP contribution is 2.21. The van der Waals surface area contributed by atoms with Gasteiger partial charge in [-0.3, -0.25) is 9.47 Å². The third-order valence-corrected chi connectivity index (χ3v) is 5.30. The number of likely N-dealkylation sites (N-methyl/N-ethyl adjacent to an activating group) is 1. The molecule has 4 nitrogen and oxygen atoms in total. The van der Waals surface area contributed by atoms with Gasteiger partial charge in [0.2, 0.25) is 0 Å². The molecule has 1 fully saturated rings. The van der Waals surface area contributed by atoms with E-state index < -0.39 is 0 Å². The fourth-order valence-corrected chi connectivity index (χ4v) is 3.72. The van der Waals surface area contributed by atoms with Crippen LogP contribution in [0.5, 0.6) is 0 Å². The smallest absolute Gasteiger partial charge is 0.100 e. The van der Waals surface area contributed by atoms with Crippen LogP contribution in [0.15, 0.2) is 48.8 Å². The minimum Gasteiger partial charge on any atom is -0.305 e. The average molecular weight is 334 g/mol. The Bertz CT molecular complexity index is 863. The fourth-order valence-electron chi connectivity index (χ4n) is 3.72. The molecule has 0 radical (unpaired) electrons. The van der Waals surface area contributed by atoms with Crippen LogP contribution in [0.25, 0.3) is 16.7 Å². The van der Waals surface area contributed by atoms with E-state index in [9.17, 15) is 0 Å². The van der Waals surface area contributed by atoms with Crippen molar-refractivity contribution in [2.75, 3.05) is 27.2 Å². The van der Waals surface area contributed by atoms with Gasteiger partial charge in [0.25, 0.3) is 0 Å². The third-order valence-electron chi connectivity index (χ3n) is 5.30. The Labute approximate surface area is 149 Å². The summed E-state index contributed by atoms with van der Waals surface area (Å²) in [6.07, 6.45) is 3.19. The summed E-state index contributed by atoms with van der Waals surface area (Å²) in [5, 5.41) is 0. The highest BCUT2D eigenvalue weighted by molar-refractivity contribution is 5.78.